The van der Waals surface area contributed by atoms with E-state index in [4.69, 9.17) is 4.42 Å². The summed E-state index contributed by atoms with van der Waals surface area (Å²) in [7, 11) is 0. The Morgan fingerprint density at radius 1 is 1.28 bits per heavy atom. The Kier molecular flexibility index (Phi) is 5.02. The van der Waals surface area contributed by atoms with Crippen LogP contribution in [0.2, 0.25) is 0 Å². The van der Waals surface area contributed by atoms with Crippen molar-refractivity contribution < 1.29 is 22.4 Å². The molecule has 2 aromatic rings. The number of aryl methyl sites for hydroxylation is 1. The van der Waals surface area contributed by atoms with Crippen molar-refractivity contribution in [2.75, 3.05) is 13.1 Å². The van der Waals surface area contributed by atoms with Gasteiger partial charge in [0.25, 0.3) is 5.91 Å². The van der Waals surface area contributed by atoms with Crippen molar-refractivity contribution in [2.45, 2.75) is 44.7 Å². The lowest BCUT2D eigenvalue weighted by atomic mass is 9.96. The van der Waals surface area contributed by atoms with Gasteiger partial charge in [0, 0.05) is 19.0 Å². The zero-order chi connectivity index (χ0) is 18.0. The molecule has 0 aromatic carbocycles. The van der Waals surface area contributed by atoms with Crippen molar-refractivity contribution in [1.82, 2.24) is 24.7 Å². The molecule has 3 heterocycles. The van der Waals surface area contributed by atoms with Crippen molar-refractivity contribution in [1.29, 1.82) is 0 Å². The quantitative estimate of drug-likeness (QED) is 0.817. The van der Waals surface area contributed by atoms with Crippen molar-refractivity contribution in [3.8, 4) is 0 Å². The highest BCUT2D eigenvalue weighted by Gasteiger charge is 2.39. The van der Waals surface area contributed by atoms with Gasteiger partial charge in [0.05, 0.1) is 5.69 Å². The summed E-state index contributed by atoms with van der Waals surface area (Å²) < 4.78 is 46.2. The van der Waals surface area contributed by atoms with Crippen LogP contribution in [0.15, 0.2) is 4.42 Å². The second-order valence-electron chi connectivity index (χ2n) is 5.81. The highest BCUT2D eigenvalue weighted by molar-refractivity contribution is 7.08. The lowest BCUT2D eigenvalue weighted by molar-refractivity contribution is -0.157. The maximum absolute atomic E-state index is 12.6. The second-order valence-corrected chi connectivity index (χ2v) is 6.56. The molecule has 11 heteroatoms. The fourth-order valence-electron chi connectivity index (χ4n) is 2.76. The molecule has 1 amide bonds. The van der Waals surface area contributed by atoms with E-state index < -0.39 is 12.1 Å². The van der Waals surface area contributed by atoms with Crippen LogP contribution in [0.4, 0.5) is 13.2 Å². The molecule has 3 rings (SSSR count). The number of carbonyl (C=O) groups is 1. The van der Waals surface area contributed by atoms with E-state index in [0.717, 1.165) is 18.0 Å². The van der Waals surface area contributed by atoms with Gasteiger partial charge in [-0.25, -0.2) is 0 Å². The van der Waals surface area contributed by atoms with E-state index in [0.29, 0.717) is 42.9 Å². The molecule has 25 heavy (non-hydrogen) atoms. The van der Waals surface area contributed by atoms with Crippen molar-refractivity contribution in [3.05, 3.63) is 22.4 Å². The Bertz CT molecular complexity index is 737. The molecule has 1 aliphatic rings. The maximum Gasteiger partial charge on any atom is 0.470 e. The third kappa shape index (κ3) is 3.80. The second kappa shape index (κ2) is 7.06. The van der Waals surface area contributed by atoms with Crippen molar-refractivity contribution in [2.24, 2.45) is 0 Å². The first-order chi connectivity index (χ1) is 11.9. The summed E-state index contributed by atoms with van der Waals surface area (Å²) >= 11 is 1.08. The summed E-state index contributed by atoms with van der Waals surface area (Å²) in [6, 6.07) is 0. The maximum atomic E-state index is 12.6. The van der Waals surface area contributed by atoms with Crippen LogP contribution in [-0.4, -0.2) is 43.7 Å². The number of nitrogens with zero attached hydrogens (tertiary/aromatic N) is 5. The average molecular weight is 375 g/mol. The largest absolute Gasteiger partial charge is 0.470 e. The minimum absolute atomic E-state index is 0.0226. The van der Waals surface area contributed by atoms with E-state index in [1.54, 1.807) is 4.90 Å². The molecule has 1 fully saturated rings. The monoisotopic (exact) mass is 375 g/mol. The fraction of sp³-hybridized carbons (Fsp3) is 0.643. The van der Waals surface area contributed by atoms with Gasteiger partial charge in [0.1, 0.15) is 4.88 Å². The summed E-state index contributed by atoms with van der Waals surface area (Å²) in [6.45, 7) is 2.83. The average Bonchev–Trinajstić information content (AvgIpc) is 3.24. The van der Waals surface area contributed by atoms with E-state index in [1.165, 1.54) is 0 Å². The zero-order valence-electron chi connectivity index (χ0n) is 13.4. The van der Waals surface area contributed by atoms with Gasteiger partial charge < -0.3 is 9.32 Å². The zero-order valence-corrected chi connectivity index (χ0v) is 14.2. The van der Waals surface area contributed by atoms with Crippen LogP contribution in [0.5, 0.6) is 0 Å². The van der Waals surface area contributed by atoms with Gasteiger partial charge in [-0.2, -0.15) is 13.2 Å². The third-order valence-corrected chi connectivity index (χ3v) is 4.81. The molecule has 0 radical (unpaired) electrons. The van der Waals surface area contributed by atoms with Crippen molar-refractivity contribution in [3.63, 3.8) is 0 Å². The number of piperidine rings is 1. The highest BCUT2D eigenvalue weighted by atomic mass is 32.1. The van der Waals surface area contributed by atoms with E-state index in [9.17, 15) is 18.0 Å². The molecule has 136 valence electrons. The first-order valence-electron chi connectivity index (χ1n) is 7.91. The number of hydrogen-bond acceptors (Lipinski definition) is 7. The molecule has 0 unspecified atom stereocenters. The highest BCUT2D eigenvalue weighted by Crippen LogP contribution is 2.33. The van der Waals surface area contributed by atoms with Gasteiger partial charge in [-0.1, -0.05) is 17.8 Å². The van der Waals surface area contributed by atoms with Gasteiger partial charge in [-0.15, -0.1) is 15.3 Å². The summed E-state index contributed by atoms with van der Waals surface area (Å²) in [5.74, 6) is -1.76. The molecule has 2 aromatic heterocycles. The van der Waals surface area contributed by atoms with E-state index in [1.807, 2.05) is 6.92 Å². The first kappa shape index (κ1) is 17.8. The first-order valence-corrected chi connectivity index (χ1v) is 8.68. The lowest BCUT2D eigenvalue weighted by Crippen LogP contribution is -2.38. The number of rotatable bonds is 4. The number of likely N-dealkylation sites (tertiary alicyclic amines) is 1. The van der Waals surface area contributed by atoms with Crippen LogP contribution >= 0.6 is 11.5 Å². The Hall–Kier alpha value is -2.04. The van der Waals surface area contributed by atoms with Crippen LogP contribution in [0.25, 0.3) is 0 Å². The Balaban J connectivity index is 1.62. The van der Waals surface area contributed by atoms with Crippen LogP contribution < -0.4 is 0 Å². The number of carbonyl (C=O) groups excluding carboxylic acids is 1. The normalized spacial score (nSPS) is 16.4. The summed E-state index contributed by atoms with van der Waals surface area (Å²) in [5.41, 5.74) is 0.700. The molecule has 1 saturated heterocycles. The number of halogens is 3. The summed E-state index contributed by atoms with van der Waals surface area (Å²) in [5, 5.41) is 10.6. The molecule has 0 aliphatic carbocycles. The number of amides is 1. The smallest absolute Gasteiger partial charge is 0.417 e. The van der Waals surface area contributed by atoms with Gasteiger partial charge in [-0.3, -0.25) is 4.79 Å². The minimum atomic E-state index is -4.64. The summed E-state index contributed by atoms with van der Waals surface area (Å²) in [4.78, 5) is 14.8. The van der Waals surface area contributed by atoms with Crippen LogP contribution in [0.3, 0.4) is 0 Å². The van der Waals surface area contributed by atoms with Crippen LogP contribution in [0.1, 0.15) is 59.3 Å². The molecule has 7 nitrogen and oxygen atoms in total. The van der Waals surface area contributed by atoms with E-state index in [2.05, 4.69) is 19.8 Å². The predicted molar refractivity (Wildman–Crippen MR) is 81.1 cm³/mol. The van der Waals surface area contributed by atoms with Crippen LogP contribution in [-0.2, 0) is 12.6 Å². The van der Waals surface area contributed by atoms with Gasteiger partial charge in [0.2, 0.25) is 5.89 Å². The molecule has 0 N–H and O–H groups in total. The predicted octanol–water partition coefficient (Wildman–Crippen LogP) is 2.91. The fourth-order valence-corrected chi connectivity index (χ4v) is 3.44. The molecular formula is C14H16F3N5O2S. The minimum Gasteiger partial charge on any atom is -0.417 e. The topological polar surface area (TPSA) is 85.0 Å². The third-order valence-electron chi connectivity index (χ3n) is 4.05. The molecule has 0 bridgehead atoms. The molecule has 0 atom stereocenters. The number of hydrogen-bond donors (Lipinski definition) is 0. The van der Waals surface area contributed by atoms with E-state index >= 15 is 0 Å². The Labute approximate surface area is 145 Å². The molecule has 0 spiro atoms. The molecular weight excluding hydrogens is 359 g/mol. The van der Waals surface area contributed by atoms with Crippen molar-refractivity contribution >= 4 is 17.4 Å². The van der Waals surface area contributed by atoms with Gasteiger partial charge in [0.15, 0.2) is 0 Å². The molecule has 0 saturated carbocycles. The standard InChI is InChI=1S/C14H16F3N5O2S/c1-2-3-9-10(25-21-18-9)12(23)22-6-4-8(5-7-22)11-19-20-13(24-11)14(15,16)17/h8H,2-7H2,1H3. The Morgan fingerprint density at radius 3 is 2.60 bits per heavy atom. The summed E-state index contributed by atoms with van der Waals surface area (Å²) in [6.07, 6.45) is -2.14. The van der Waals surface area contributed by atoms with Gasteiger partial charge >= 0.3 is 12.1 Å². The van der Waals surface area contributed by atoms with Gasteiger partial charge in [-0.05, 0) is 30.8 Å². The SMILES string of the molecule is CCCc1nnsc1C(=O)N1CCC(c2nnc(C(F)(F)F)o2)CC1. The number of aromatic nitrogens is 4. The lowest BCUT2D eigenvalue weighted by Gasteiger charge is -2.30. The Morgan fingerprint density at radius 2 is 2.00 bits per heavy atom. The van der Waals surface area contributed by atoms with Crippen LogP contribution in [0, 0.1) is 0 Å². The number of alkyl halides is 3. The van der Waals surface area contributed by atoms with E-state index in [-0.39, 0.29) is 17.7 Å². The molecule has 1 aliphatic heterocycles.